The standard InChI is InChI=1S/C18H20N4O/c1-18(2,3)15-16(22-12-8-7-11-14(22)20-15)21-17(23)19-13-9-5-4-6-10-13/h4-12H,1-3H3,(H2,19,21,23). The number of hydrogen-bond donors (Lipinski definition) is 2. The molecule has 23 heavy (non-hydrogen) atoms. The van der Waals surface area contributed by atoms with Gasteiger partial charge in [-0.2, -0.15) is 0 Å². The molecule has 0 saturated carbocycles. The molecule has 3 aromatic rings. The van der Waals surface area contributed by atoms with Crippen LogP contribution in [0.25, 0.3) is 5.65 Å². The minimum Gasteiger partial charge on any atom is -0.308 e. The zero-order valence-electron chi connectivity index (χ0n) is 13.5. The van der Waals surface area contributed by atoms with Crippen molar-refractivity contribution in [3.8, 4) is 0 Å². The Bertz CT molecular complexity index is 831. The molecule has 0 unspecified atom stereocenters. The van der Waals surface area contributed by atoms with Gasteiger partial charge in [0.25, 0.3) is 0 Å². The summed E-state index contributed by atoms with van der Waals surface area (Å²) in [7, 11) is 0. The lowest BCUT2D eigenvalue weighted by atomic mass is 9.92. The molecule has 5 nitrogen and oxygen atoms in total. The zero-order chi connectivity index (χ0) is 16.4. The summed E-state index contributed by atoms with van der Waals surface area (Å²) in [6.07, 6.45) is 1.90. The zero-order valence-corrected chi connectivity index (χ0v) is 13.5. The van der Waals surface area contributed by atoms with Crippen molar-refractivity contribution in [1.29, 1.82) is 0 Å². The smallest absolute Gasteiger partial charge is 0.308 e. The molecule has 0 aliphatic heterocycles. The molecule has 2 aromatic heterocycles. The van der Waals surface area contributed by atoms with E-state index in [-0.39, 0.29) is 11.4 Å². The molecule has 0 spiro atoms. The molecule has 0 aliphatic rings. The third-order valence-electron chi connectivity index (χ3n) is 3.50. The Morgan fingerprint density at radius 2 is 1.70 bits per heavy atom. The molecule has 0 saturated heterocycles. The average molecular weight is 308 g/mol. The van der Waals surface area contributed by atoms with Crippen molar-refractivity contribution in [1.82, 2.24) is 9.38 Å². The average Bonchev–Trinajstić information content (AvgIpc) is 2.87. The first-order chi connectivity index (χ1) is 10.9. The van der Waals surface area contributed by atoms with E-state index in [0.717, 1.165) is 17.0 Å². The summed E-state index contributed by atoms with van der Waals surface area (Å²) >= 11 is 0. The number of fused-ring (bicyclic) bond motifs is 1. The highest BCUT2D eigenvalue weighted by Gasteiger charge is 2.24. The van der Waals surface area contributed by atoms with Gasteiger partial charge in [0.1, 0.15) is 11.5 Å². The number of urea groups is 1. The van der Waals surface area contributed by atoms with Gasteiger partial charge in [0.15, 0.2) is 0 Å². The van der Waals surface area contributed by atoms with Crippen LogP contribution in [0.2, 0.25) is 0 Å². The molecule has 2 heterocycles. The summed E-state index contributed by atoms with van der Waals surface area (Å²) in [5.41, 5.74) is 2.23. The van der Waals surface area contributed by atoms with E-state index in [1.807, 2.05) is 59.1 Å². The largest absolute Gasteiger partial charge is 0.324 e. The fraction of sp³-hybridized carbons (Fsp3) is 0.222. The van der Waals surface area contributed by atoms with Gasteiger partial charge in [-0.05, 0) is 24.3 Å². The summed E-state index contributed by atoms with van der Waals surface area (Å²) in [4.78, 5) is 17.0. The highest BCUT2D eigenvalue weighted by molar-refractivity contribution is 6.00. The van der Waals surface area contributed by atoms with Crippen LogP contribution in [-0.2, 0) is 5.41 Å². The highest BCUT2D eigenvalue weighted by Crippen LogP contribution is 2.30. The number of carbonyl (C=O) groups excluding carboxylic acids is 1. The van der Waals surface area contributed by atoms with Crippen molar-refractivity contribution in [3.05, 3.63) is 60.4 Å². The SMILES string of the molecule is CC(C)(C)c1nc2ccccn2c1NC(=O)Nc1ccccc1. The molecule has 0 radical (unpaired) electrons. The lowest BCUT2D eigenvalue weighted by Gasteiger charge is -2.18. The van der Waals surface area contributed by atoms with E-state index in [0.29, 0.717) is 5.82 Å². The monoisotopic (exact) mass is 308 g/mol. The van der Waals surface area contributed by atoms with Crippen LogP contribution in [0.3, 0.4) is 0 Å². The predicted molar refractivity (Wildman–Crippen MR) is 93.0 cm³/mol. The van der Waals surface area contributed by atoms with E-state index in [1.165, 1.54) is 0 Å². The first kappa shape index (κ1) is 15.1. The summed E-state index contributed by atoms with van der Waals surface area (Å²) in [6.45, 7) is 6.24. The Labute approximate surface area is 135 Å². The van der Waals surface area contributed by atoms with E-state index in [2.05, 4.69) is 36.4 Å². The number of benzene rings is 1. The molecule has 3 rings (SSSR count). The maximum Gasteiger partial charge on any atom is 0.324 e. The van der Waals surface area contributed by atoms with Crippen LogP contribution >= 0.6 is 0 Å². The van der Waals surface area contributed by atoms with Crippen molar-refractivity contribution in [2.24, 2.45) is 0 Å². The van der Waals surface area contributed by atoms with Crippen LogP contribution < -0.4 is 10.6 Å². The minimum atomic E-state index is -0.285. The van der Waals surface area contributed by atoms with Gasteiger partial charge >= 0.3 is 6.03 Å². The second kappa shape index (κ2) is 5.76. The van der Waals surface area contributed by atoms with Gasteiger partial charge in [-0.25, -0.2) is 9.78 Å². The number of rotatable bonds is 2. The molecule has 5 heteroatoms. The Hall–Kier alpha value is -2.82. The lowest BCUT2D eigenvalue weighted by Crippen LogP contribution is -2.23. The number of pyridine rings is 1. The Kier molecular flexibility index (Phi) is 3.78. The van der Waals surface area contributed by atoms with Crippen LogP contribution in [-0.4, -0.2) is 15.4 Å². The summed E-state index contributed by atoms with van der Waals surface area (Å²) in [5.74, 6) is 0.696. The molecular weight excluding hydrogens is 288 g/mol. The normalized spacial score (nSPS) is 11.4. The number of hydrogen-bond acceptors (Lipinski definition) is 2. The first-order valence-corrected chi connectivity index (χ1v) is 7.56. The topological polar surface area (TPSA) is 58.4 Å². The van der Waals surface area contributed by atoms with Crippen LogP contribution in [0, 0.1) is 0 Å². The van der Waals surface area contributed by atoms with Gasteiger partial charge in [0, 0.05) is 17.3 Å². The Morgan fingerprint density at radius 3 is 2.39 bits per heavy atom. The van der Waals surface area contributed by atoms with E-state index in [4.69, 9.17) is 0 Å². The molecular formula is C18H20N4O. The lowest BCUT2D eigenvalue weighted by molar-refractivity contribution is 0.262. The Morgan fingerprint density at radius 1 is 1.00 bits per heavy atom. The van der Waals surface area contributed by atoms with Gasteiger partial charge in [-0.3, -0.25) is 9.72 Å². The Balaban J connectivity index is 1.94. The molecule has 0 atom stereocenters. The second-order valence-electron chi connectivity index (χ2n) is 6.43. The number of imidazole rings is 1. The maximum absolute atomic E-state index is 12.3. The number of amides is 2. The quantitative estimate of drug-likeness (QED) is 0.742. The van der Waals surface area contributed by atoms with Crippen molar-refractivity contribution < 1.29 is 4.79 Å². The fourth-order valence-corrected chi connectivity index (χ4v) is 2.43. The number of carbonyl (C=O) groups is 1. The second-order valence-corrected chi connectivity index (χ2v) is 6.43. The maximum atomic E-state index is 12.3. The highest BCUT2D eigenvalue weighted by atomic mass is 16.2. The van der Waals surface area contributed by atoms with E-state index in [9.17, 15) is 4.79 Å². The van der Waals surface area contributed by atoms with Gasteiger partial charge in [-0.1, -0.05) is 45.0 Å². The van der Waals surface area contributed by atoms with Crippen molar-refractivity contribution in [2.75, 3.05) is 10.6 Å². The molecule has 1 aromatic carbocycles. The van der Waals surface area contributed by atoms with Crippen LogP contribution in [0.1, 0.15) is 26.5 Å². The van der Waals surface area contributed by atoms with Crippen molar-refractivity contribution >= 4 is 23.2 Å². The molecule has 2 N–H and O–H groups in total. The molecule has 2 amide bonds. The number of para-hydroxylation sites is 1. The number of nitrogens with one attached hydrogen (secondary N) is 2. The fourth-order valence-electron chi connectivity index (χ4n) is 2.43. The molecule has 0 aliphatic carbocycles. The summed E-state index contributed by atoms with van der Waals surface area (Å²) in [6, 6.07) is 14.9. The summed E-state index contributed by atoms with van der Waals surface area (Å²) < 4.78 is 1.89. The van der Waals surface area contributed by atoms with Crippen LogP contribution in [0.4, 0.5) is 16.3 Å². The van der Waals surface area contributed by atoms with Gasteiger partial charge in [0.05, 0.1) is 5.69 Å². The van der Waals surface area contributed by atoms with E-state index < -0.39 is 0 Å². The number of anilines is 2. The molecule has 118 valence electrons. The van der Waals surface area contributed by atoms with Gasteiger partial charge < -0.3 is 5.32 Å². The van der Waals surface area contributed by atoms with Crippen molar-refractivity contribution in [2.45, 2.75) is 26.2 Å². The van der Waals surface area contributed by atoms with E-state index >= 15 is 0 Å². The van der Waals surface area contributed by atoms with Gasteiger partial charge in [0.2, 0.25) is 0 Å². The third kappa shape index (κ3) is 3.18. The van der Waals surface area contributed by atoms with Crippen molar-refractivity contribution in [3.63, 3.8) is 0 Å². The number of aromatic nitrogens is 2. The minimum absolute atomic E-state index is 0.179. The van der Waals surface area contributed by atoms with Crippen LogP contribution in [0.15, 0.2) is 54.7 Å². The van der Waals surface area contributed by atoms with Gasteiger partial charge in [-0.15, -0.1) is 0 Å². The summed E-state index contributed by atoms with van der Waals surface area (Å²) in [5, 5.41) is 5.77. The molecule has 0 bridgehead atoms. The number of nitrogens with zero attached hydrogens (tertiary/aromatic N) is 2. The predicted octanol–water partition coefficient (Wildman–Crippen LogP) is 4.28. The molecule has 0 fully saturated rings. The van der Waals surface area contributed by atoms with Crippen LogP contribution in [0.5, 0.6) is 0 Å². The first-order valence-electron chi connectivity index (χ1n) is 7.56. The van der Waals surface area contributed by atoms with E-state index in [1.54, 1.807) is 0 Å². The third-order valence-corrected chi connectivity index (χ3v) is 3.50.